The van der Waals surface area contributed by atoms with Crippen LogP contribution < -0.4 is 0 Å². The Morgan fingerprint density at radius 3 is 1.55 bits per heavy atom. The average molecular weight is 172 g/mol. The zero-order valence-corrected chi connectivity index (χ0v) is 7.29. The zero-order chi connectivity index (χ0) is 8.74. The van der Waals surface area contributed by atoms with Crippen molar-refractivity contribution in [3.63, 3.8) is 0 Å². The van der Waals surface area contributed by atoms with Crippen LogP contribution in [0.1, 0.15) is 0 Å². The van der Waals surface area contributed by atoms with Gasteiger partial charge in [0.05, 0.1) is 12.2 Å². The molecule has 0 bridgehead atoms. The minimum Gasteiger partial charge on any atom is -0.419 e. The predicted molar refractivity (Wildman–Crippen MR) is 39.6 cm³/mol. The first-order valence-corrected chi connectivity index (χ1v) is 4.25. The Bertz CT molecular complexity index is 168. The van der Waals surface area contributed by atoms with Crippen LogP contribution in [0.4, 0.5) is 0 Å². The van der Waals surface area contributed by atoms with E-state index in [0.29, 0.717) is 0 Å². The number of hydrogen-bond acceptors (Lipinski definition) is 4. The smallest absolute Gasteiger partial charge is 0.419 e. The summed E-state index contributed by atoms with van der Waals surface area (Å²) in [7, 11) is -0.540. The maximum Gasteiger partial charge on any atom is 0.837 e. The van der Waals surface area contributed by atoms with Gasteiger partial charge in [0.25, 0.3) is 0 Å². The second kappa shape index (κ2) is 4.64. The fraction of sp³-hybridized carbons (Fsp3) is 0.333. The van der Waals surface area contributed by atoms with Crippen molar-refractivity contribution in [3.8, 4) is 25.1 Å². The second-order valence-corrected chi connectivity index (χ2v) is 3.57. The molecule has 0 N–H and O–H groups in total. The van der Waals surface area contributed by atoms with Crippen molar-refractivity contribution in [1.82, 2.24) is 0 Å². The van der Waals surface area contributed by atoms with Crippen LogP contribution in [0.15, 0.2) is 0 Å². The predicted octanol–water partition coefficient (Wildman–Crippen LogP) is -0.0706. The summed E-state index contributed by atoms with van der Waals surface area (Å²) in [4.78, 5) is 0. The van der Waals surface area contributed by atoms with Gasteiger partial charge in [-0.25, -0.2) is 0 Å². The topological polar surface area (TPSA) is 36.9 Å². The summed E-state index contributed by atoms with van der Waals surface area (Å²) >= 11 is 0. The van der Waals surface area contributed by atoms with Gasteiger partial charge in [0.15, 0.2) is 0 Å². The van der Waals surface area contributed by atoms with Crippen molar-refractivity contribution < 1.29 is 17.7 Å². The van der Waals surface area contributed by atoms with Gasteiger partial charge in [0.1, 0.15) is 0 Å². The Morgan fingerprint density at radius 1 is 1.00 bits per heavy atom. The molecule has 0 aromatic carbocycles. The fourth-order valence-electron chi connectivity index (χ4n) is 0.415. The summed E-state index contributed by atoms with van der Waals surface area (Å²) in [5.41, 5.74) is 0. The standard InChI is InChI=1S/C6H8O4Si/c1-5-9-11(7-3,8-4)10-6-2/h1-2H,3-4H3. The monoisotopic (exact) mass is 172 g/mol. The summed E-state index contributed by atoms with van der Waals surface area (Å²) in [6.45, 7) is 0. The normalized spacial score (nSPS) is 9.45. The van der Waals surface area contributed by atoms with E-state index in [1.807, 2.05) is 12.2 Å². The van der Waals surface area contributed by atoms with E-state index in [1.54, 1.807) is 0 Å². The molecule has 0 rings (SSSR count). The molecule has 4 nitrogen and oxygen atoms in total. The third-order valence-corrected chi connectivity index (χ3v) is 2.60. The Hall–Kier alpha value is -1.14. The molecule has 0 aliphatic heterocycles. The maximum atomic E-state index is 4.85. The van der Waals surface area contributed by atoms with E-state index in [0.717, 1.165) is 0 Å². The van der Waals surface area contributed by atoms with Gasteiger partial charge < -0.3 is 17.7 Å². The van der Waals surface area contributed by atoms with Gasteiger partial charge in [0.2, 0.25) is 0 Å². The van der Waals surface area contributed by atoms with Crippen LogP contribution in [-0.4, -0.2) is 23.3 Å². The van der Waals surface area contributed by atoms with Crippen LogP contribution >= 0.6 is 0 Å². The molecule has 0 aliphatic rings. The minimum absolute atomic E-state index is 1.34. The lowest BCUT2D eigenvalue weighted by atomic mass is 11.3. The first-order valence-electron chi connectivity index (χ1n) is 2.62. The second-order valence-electron chi connectivity index (χ2n) is 1.35. The highest BCUT2D eigenvalue weighted by Gasteiger charge is 2.49. The molecule has 0 amide bonds. The highest BCUT2D eigenvalue weighted by atomic mass is 28.4. The van der Waals surface area contributed by atoms with E-state index in [-0.39, 0.29) is 0 Å². The van der Waals surface area contributed by atoms with Gasteiger partial charge in [-0.2, -0.15) is 0 Å². The van der Waals surface area contributed by atoms with Crippen LogP contribution in [0.3, 0.4) is 0 Å². The number of terminal acetylenes is 2. The quantitative estimate of drug-likeness (QED) is 0.439. The third kappa shape index (κ3) is 2.52. The van der Waals surface area contributed by atoms with Crippen molar-refractivity contribution in [2.45, 2.75) is 0 Å². The number of rotatable bonds is 4. The van der Waals surface area contributed by atoms with Crippen molar-refractivity contribution in [2.24, 2.45) is 0 Å². The Kier molecular flexibility index (Phi) is 4.16. The molecule has 0 spiro atoms. The van der Waals surface area contributed by atoms with Gasteiger partial charge in [-0.05, 0) is 0 Å². The molecular weight excluding hydrogens is 164 g/mol. The van der Waals surface area contributed by atoms with Crippen LogP contribution in [0.2, 0.25) is 0 Å². The molecule has 0 aromatic heterocycles. The largest absolute Gasteiger partial charge is 0.837 e. The summed E-state index contributed by atoms with van der Waals surface area (Å²) in [5, 5.41) is 0. The summed E-state index contributed by atoms with van der Waals surface area (Å²) < 4.78 is 18.8. The fourth-order valence-corrected chi connectivity index (χ4v) is 1.25. The molecular formula is C6H8O4Si. The molecule has 60 valence electrons. The van der Waals surface area contributed by atoms with Crippen molar-refractivity contribution in [1.29, 1.82) is 0 Å². The molecule has 0 unspecified atom stereocenters. The Morgan fingerprint density at radius 2 is 1.36 bits per heavy atom. The first-order chi connectivity index (χ1) is 5.24. The molecule has 11 heavy (non-hydrogen) atoms. The molecule has 0 heterocycles. The maximum absolute atomic E-state index is 4.85. The first kappa shape index (κ1) is 9.86. The number of hydrogen-bond donors (Lipinski definition) is 0. The van der Waals surface area contributed by atoms with Gasteiger partial charge in [0, 0.05) is 14.2 Å². The van der Waals surface area contributed by atoms with Gasteiger partial charge >= 0.3 is 9.05 Å². The van der Waals surface area contributed by atoms with Crippen LogP contribution in [0.5, 0.6) is 0 Å². The lowest BCUT2D eigenvalue weighted by Gasteiger charge is -2.17. The van der Waals surface area contributed by atoms with Crippen molar-refractivity contribution in [3.05, 3.63) is 0 Å². The lowest BCUT2D eigenvalue weighted by Crippen LogP contribution is -2.44. The lowest BCUT2D eigenvalue weighted by molar-refractivity contribution is 0.0610. The highest BCUT2D eigenvalue weighted by molar-refractivity contribution is 6.54. The molecule has 0 atom stereocenters. The molecule has 0 aromatic rings. The van der Waals surface area contributed by atoms with Gasteiger partial charge in [-0.3, -0.25) is 0 Å². The van der Waals surface area contributed by atoms with Crippen LogP contribution in [0, 0.1) is 25.1 Å². The van der Waals surface area contributed by atoms with E-state index < -0.39 is 9.05 Å². The zero-order valence-electron chi connectivity index (χ0n) is 6.29. The molecule has 0 radical (unpaired) electrons. The Balaban J connectivity index is 4.25. The van der Waals surface area contributed by atoms with E-state index >= 15 is 0 Å². The molecule has 0 saturated heterocycles. The van der Waals surface area contributed by atoms with Crippen molar-refractivity contribution in [2.75, 3.05) is 14.2 Å². The van der Waals surface area contributed by atoms with Crippen LogP contribution in [0.25, 0.3) is 0 Å². The summed E-state index contributed by atoms with van der Waals surface area (Å²) in [6.07, 6.45) is 13.5. The summed E-state index contributed by atoms with van der Waals surface area (Å²) in [6, 6.07) is 0. The molecule has 0 saturated carbocycles. The Labute approximate surface area is 66.9 Å². The summed E-state index contributed by atoms with van der Waals surface area (Å²) in [5.74, 6) is 0. The van der Waals surface area contributed by atoms with Gasteiger partial charge in [-0.15, -0.1) is 0 Å². The SMILES string of the molecule is C#CO[Si](OC)(OC)OC#C. The van der Waals surface area contributed by atoms with Crippen LogP contribution in [-0.2, 0) is 17.7 Å². The third-order valence-electron chi connectivity index (χ3n) is 0.868. The van der Waals surface area contributed by atoms with Crippen molar-refractivity contribution >= 4 is 9.05 Å². The molecule has 0 aliphatic carbocycles. The average Bonchev–Trinajstić information content (AvgIpc) is 2.04. The molecule has 0 fully saturated rings. The van der Waals surface area contributed by atoms with E-state index in [1.165, 1.54) is 14.2 Å². The minimum atomic E-state index is -3.22. The van der Waals surface area contributed by atoms with E-state index in [9.17, 15) is 0 Å². The molecule has 5 heteroatoms. The van der Waals surface area contributed by atoms with E-state index in [2.05, 4.69) is 8.85 Å². The highest BCUT2D eigenvalue weighted by Crippen LogP contribution is 2.06. The van der Waals surface area contributed by atoms with Gasteiger partial charge in [-0.1, -0.05) is 12.8 Å². The van der Waals surface area contributed by atoms with E-state index in [4.69, 9.17) is 21.7 Å².